The van der Waals surface area contributed by atoms with Gasteiger partial charge in [0.1, 0.15) is 5.60 Å². The summed E-state index contributed by atoms with van der Waals surface area (Å²) in [5.41, 5.74) is 1.71. The van der Waals surface area contributed by atoms with Gasteiger partial charge < -0.3 is 9.64 Å². The molecular formula is C14H18N2O3. The van der Waals surface area contributed by atoms with Gasteiger partial charge in [-0.15, -0.1) is 0 Å². The van der Waals surface area contributed by atoms with Crippen LogP contribution in [0.1, 0.15) is 36.7 Å². The van der Waals surface area contributed by atoms with Crippen LogP contribution in [0.2, 0.25) is 0 Å². The molecule has 0 atom stereocenters. The molecule has 2 amide bonds. The zero-order valence-electron chi connectivity index (χ0n) is 11.6. The van der Waals surface area contributed by atoms with Gasteiger partial charge in [-0.05, 0) is 44.5 Å². The molecule has 1 N–H and O–H groups in total. The minimum Gasteiger partial charge on any atom is -0.444 e. The Balaban J connectivity index is 2.10. The molecule has 102 valence electrons. The zero-order chi connectivity index (χ0) is 14.2. The maximum absolute atomic E-state index is 11.7. The number of rotatable bonds is 1. The van der Waals surface area contributed by atoms with Gasteiger partial charge in [0, 0.05) is 24.8 Å². The molecule has 0 aromatic heterocycles. The van der Waals surface area contributed by atoms with E-state index in [1.165, 1.54) is 0 Å². The van der Waals surface area contributed by atoms with Crippen LogP contribution in [0.4, 0.5) is 10.5 Å². The summed E-state index contributed by atoms with van der Waals surface area (Å²) < 4.78 is 5.18. The highest BCUT2D eigenvalue weighted by Crippen LogP contribution is 2.24. The standard InChI is InChI=1S/C14H18N2O3/c1-14(2,3)19-13(18)15-10-5-6-11-9(7-10)8-16(4)12(11)17/h5-7H,8H2,1-4H3,(H,15,18). The Morgan fingerprint density at radius 3 is 2.68 bits per heavy atom. The largest absolute Gasteiger partial charge is 0.444 e. The van der Waals surface area contributed by atoms with E-state index in [4.69, 9.17) is 4.74 Å². The number of carbonyl (C=O) groups excluding carboxylic acids is 2. The second kappa shape index (κ2) is 4.57. The van der Waals surface area contributed by atoms with E-state index in [2.05, 4.69) is 5.32 Å². The van der Waals surface area contributed by atoms with Crippen molar-refractivity contribution in [3.63, 3.8) is 0 Å². The van der Waals surface area contributed by atoms with Crippen LogP contribution in [0, 0.1) is 0 Å². The van der Waals surface area contributed by atoms with Gasteiger partial charge in [0.2, 0.25) is 0 Å². The SMILES string of the molecule is CN1Cc2cc(NC(=O)OC(C)(C)C)ccc2C1=O. The summed E-state index contributed by atoms with van der Waals surface area (Å²) in [6.45, 7) is 5.99. The second-order valence-corrected chi connectivity index (χ2v) is 5.66. The number of fused-ring (bicyclic) bond motifs is 1. The predicted molar refractivity (Wildman–Crippen MR) is 72.1 cm³/mol. The number of hydrogen-bond acceptors (Lipinski definition) is 3. The summed E-state index contributed by atoms with van der Waals surface area (Å²) in [7, 11) is 1.75. The minimum atomic E-state index is -0.531. The maximum Gasteiger partial charge on any atom is 0.412 e. The number of nitrogens with zero attached hydrogens (tertiary/aromatic N) is 1. The van der Waals surface area contributed by atoms with Gasteiger partial charge in [-0.3, -0.25) is 10.1 Å². The zero-order valence-corrected chi connectivity index (χ0v) is 11.6. The molecule has 0 spiro atoms. The highest BCUT2D eigenvalue weighted by Gasteiger charge is 2.24. The fraction of sp³-hybridized carbons (Fsp3) is 0.429. The molecule has 0 fully saturated rings. The Kier molecular flexibility index (Phi) is 3.22. The third-order valence-electron chi connectivity index (χ3n) is 2.74. The molecule has 0 saturated carbocycles. The molecule has 0 saturated heterocycles. The molecule has 1 aromatic carbocycles. The van der Waals surface area contributed by atoms with E-state index in [0.29, 0.717) is 17.8 Å². The lowest BCUT2D eigenvalue weighted by Crippen LogP contribution is -2.27. The Labute approximate surface area is 112 Å². The van der Waals surface area contributed by atoms with Gasteiger partial charge in [0.25, 0.3) is 5.91 Å². The van der Waals surface area contributed by atoms with Gasteiger partial charge in [-0.2, -0.15) is 0 Å². The first-order valence-electron chi connectivity index (χ1n) is 6.15. The molecular weight excluding hydrogens is 244 g/mol. The summed E-state index contributed by atoms with van der Waals surface area (Å²) in [4.78, 5) is 25.0. The Bertz CT molecular complexity index is 532. The smallest absolute Gasteiger partial charge is 0.412 e. The summed E-state index contributed by atoms with van der Waals surface area (Å²) in [5, 5.41) is 2.67. The molecule has 0 unspecified atom stereocenters. The first kappa shape index (κ1) is 13.4. The van der Waals surface area contributed by atoms with Crippen molar-refractivity contribution < 1.29 is 14.3 Å². The molecule has 2 rings (SSSR count). The van der Waals surface area contributed by atoms with Crippen LogP contribution in [0.25, 0.3) is 0 Å². The highest BCUT2D eigenvalue weighted by molar-refractivity contribution is 5.99. The summed E-state index contributed by atoms with van der Waals surface area (Å²) in [6.07, 6.45) is -0.495. The van der Waals surface area contributed by atoms with E-state index in [9.17, 15) is 9.59 Å². The van der Waals surface area contributed by atoms with Crippen LogP contribution < -0.4 is 5.32 Å². The van der Waals surface area contributed by atoms with Gasteiger partial charge in [0.05, 0.1) is 0 Å². The Morgan fingerprint density at radius 1 is 1.37 bits per heavy atom. The van der Waals surface area contributed by atoms with Crippen molar-refractivity contribution in [2.45, 2.75) is 32.9 Å². The third kappa shape index (κ3) is 3.05. The van der Waals surface area contributed by atoms with Crippen molar-refractivity contribution in [3.05, 3.63) is 29.3 Å². The van der Waals surface area contributed by atoms with Crippen LogP contribution in [0.15, 0.2) is 18.2 Å². The van der Waals surface area contributed by atoms with Crippen molar-refractivity contribution >= 4 is 17.7 Å². The number of ether oxygens (including phenoxy) is 1. The number of anilines is 1. The number of carbonyl (C=O) groups is 2. The van der Waals surface area contributed by atoms with Crippen LogP contribution >= 0.6 is 0 Å². The molecule has 0 radical (unpaired) electrons. The first-order chi connectivity index (χ1) is 8.76. The monoisotopic (exact) mass is 262 g/mol. The van der Waals surface area contributed by atoms with E-state index in [1.54, 1.807) is 30.1 Å². The van der Waals surface area contributed by atoms with E-state index in [1.807, 2.05) is 20.8 Å². The molecule has 0 aliphatic carbocycles. The maximum atomic E-state index is 11.7. The van der Waals surface area contributed by atoms with Crippen LogP contribution in [0.5, 0.6) is 0 Å². The summed E-state index contributed by atoms with van der Waals surface area (Å²) >= 11 is 0. The number of nitrogens with one attached hydrogen (secondary N) is 1. The lowest BCUT2D eigenvalue weighted by molar-refractivity contribution is 0.0635. The van der Waals surface area contributed by atoms with Gasteiger partial charge >= 0.3 is 6.09 Å². The lowest BCUT2D eigenvalue weighted by atomic mass is 10.1. The quantitative estimate of drug-likeness (QED) is 0.846. The van der Waals surface area contributed by atoms with E-state index < -0.39 is 11.7 Å². The normalized spacial score (nSPS) is 14.3. The van der Waals surface area contributed by atoms with Gasteiger partial charge in [0.15, 0.2) is 0 Å². The molecule has 1 aliphatic heterocycles. The molecule has 5 nitrogen and oxygen atoms in total. The molecule has 0 bridgehead atoms. The molecule has 19 heavy (non-hydrogen) atoms. The fourth-order valence-electron chi connectivity index (χ4n) is 1.97. The number of hydrogen-bond donors (Lipinski definition) is 1. The molecule has 1 aliphatic rings. The fourth-order valence-corrected chi connectivity index (χ4v) is 1.97. The third-order valence-corrected chi connectivity index (χ3v) is 2.74. The van der Waals surface area contributed by atoms with Gasteiger partial charge in [-0.25, -0.2) is 4.79 Å². The van der Waals surface area contributed by atoms with Crippen molar-refractivity contribution in [2.24, 2.45) is 0 Å². The minimum absolute atomic E-state index is 0.0128. The molecule has 5 heteroatoms. The highest BCUT2D eigenvalue weighted by atomic mass is 16.6. The van der Waals surface area contributed by atoms with Crippen molar-refractivity contribution in [1.82, 2.24) is 4.90 Å². The van der Waals surface area contributed by atoms with Crippen molar-refractivity contribution in [2.75, 3.05) is 12.4 Å². The molecule has 1 heterocycles. The van der Waals surface area contributed by atoms with Crippen molar-refractivity contribution in [3.8, 4) is 0 Å². The number of amides is 2. The predicted octanol–water partition coefficient (Wildman–Crippen LogP) is 2.62. The molecule has 1 aromatic rings. The van der Waals surface area contributed by atoms with Gasteiger partial charge in [-0.1, -0.05) is 0 Å². The van der Waals surface area contributed by atoms with E-state index in [-0.39, 0.29) is 5.91 Å². The summed E-state index contributed by atoms with van der Waals surface area (Å²) in [5.74, 6) is 0.0128. The first-order valence-corrected chi connectivity index (χ1v) is 6.15. The topological polar surface area (TPSA) is 58.6 Å². The van der Waals surface area contributed by atoms with Crippen LogP contribution in [0.3, 0.4) is 0 Å². The lowest BCUT2D eigenvalue weighted by Gasteiger charge is -2.19. The second-order valence-electron chi connectivity index (χ2n) is 5.66. The van der Waals surface area contributed by atoms with Crippen LogP contribution in [-0.4, -0.2) is 29.5 Å². The Morgan fingerprint density at radius 2 is 2.05 bits per heavy atom. The average molecular weight is 262 g/mol. The Hall–Kier alpha value is -2.04. The van der Waals surface area contributed by atoms with E-state index in [0.717, 1.165) is 5.56 Å². The van der Waals surface area contributed by atoms with Crippen LogP contribution in [-0.2, 0) is 11.3 Å². The average Bonchev–Trinajstić information content (AvgIpc) is 2.51. The summed E-state index contributed by atoms with van der Waals surface area (Å²) in [6, 6.07) is 5.24. The van der Waals surface area contributed by atoms with Crippen molar-refractivity contribution in [1.29, 1.82) is 0 Å². The van der Waals surface area contributed by atoms with E-state index >= 15 is 0 Å². The number of benzene rings is 1.